The molecular formula is C25H19ClF9N7O3. The number of aliphatic hydroxyl groups excluding tert-OH is 1. The number of carbonyl (C=O) groups excluding carboxylic acids is 1. The summed E-state index contributed by atoms with van der Waals surface area (Å²) in [6.45, 7) is -2.87. The van der Waals surface area contributed by atoms with Gasteiger partial charge in [-0.05, 0) is 36.4 Å². The van der Waals surface area contributed by atoms with Crippen molar-refractivity contribution >= 4 is 17.5 Å². The van der Waals surface area contributed by atoms with Crippen molar-refractivity contribution in [1.29, 1.82) is 0 Å². The van der Waals surface area contributed by atoms with E-state index in [0.717, 1.165) is 18.5 Å². The smallest absolute Gasteiger partial charge is 0.382 e. The highest BCUT2D eigenvalue weighted by Crippen LogP contribution is 2.35. The van der Waals surface area contributed by atoms with E-state index < -0.39 is 79.1 Å². The molecule has 20 heteroatoms. The van der Waals surface area contributed by atoms with Crippen LogP contribution in [0.15, 0.2) is 53.6 Å². The normalized spacial score (nSPS) is 13.2. The fourth-order valence-corrected chi connectivity index (χ4v) is 4.15. The molecule has 0 aliphatic carbocycles. The van der Waals surface area contributed by atoms with E-state index in [2.05, 4.69) is 15.2 Å². The highest BCUT2D eigenvalue weighted by Gasteiger charge is 2.40. The topological polar surface area (TPSA) is 120 Å². The molecule has 1 atom stereocenters. The summed E-state index contributed by atoms with van der Waals surface area (Å²) < 4.78 is 120. The van der Waals surface area contributed by atoms with Crippen molar-refractivity contribution in [2.75, 3.05) is 6.54 Å². The van der Waals surface area contributed by atoms with Crippen molar-refractivity contribution in [3.05, 3.63) is 81.3 Å². The molecule has 242 valence electrons. The Labute approximate surface area is 250 Å². The maximum absolute atomic E-state index is 13.9. The van der Waals surface area contributed by atoms with Crippen LogP contribution in [0.3, 0.4) is 0 Å². The molecule has 0 bridgehead atoms. The third-order valence-electron chi connectivity index (χ3n) is 6.10. The fraction of sp³-hybridized carbons (Fsp3) is 0.320. The van der Waals surface area contributed by atoms with Crippen molar-refractivity contribution in [2.45, 2.75) is 44.1 Å². The molecular weight excluding hydrogens is 653 g/mol. The van der Waals surface area contributed by atoms with Gasteiger partial charge in [0.25, 0.3) is 5.91 Å². The molecule has 0 unspecified atom stereocenters. The second kappa shape index (κ2) is 12.5. The number of para-hydroxylation sites is 1. The minimum Gasteiger partial charge on any atom is -0.382 e. The zero-order chi connectivity index (χ0) is 33.3. The summed E-state index contributed by atoms with van der Waals surface area (Å²) in [5.74, 6) is -1.98. The Morgan fingerprint density at radius 3 is 2.24 bits per heavy atom. The second-order valence-corrected chi connectivity index (χ2v) is 9.80. The minimum absolute atomic E-state index is 0.128. The molecule has 0 aliphatic heterocycles. The first-order valence-electron chi connectivity index (χ1n) is 12.5. The molecule has 2 N–H and O–H groups in total. The molecule has 0 saturated carbocycles. The van der Waals surface area contributed by atoms with E-state index in [0.29, 0.717) is 20.0 Å². The van der Waals surface area contributed by atoms with Gasteiger partial charge in [-0.15, -0.1) is 10.2 Å². The molecule has 0 spiro atoms. The van der Waals surface area contributed by atoms with Crippen molar-refractivity contribution in [2.24, 2.45) is 0 Å². The predicted molar refractivity (Wildman–Crippen MR) is 137 cm³/mol. The maximum atomic E-state index is 13.9. The largest absolute Gasteiger partial charge is 0.418 e. The summed E-state index contributed by atoms with van der Waals surface area (Å²) in [6, 6.07) is 7.79. The van der Waals surface area contributed by atoms with Gasteiger partial charge in [-0.2, -0.15) is 39.5 Å². The Bertz CT molecular complexity index is 1730. The van der Waals surface area contributed by atoms with Gasteiger partial charge in [0.2, 0.25) is 0 Å². The lowest BCUT2D eigenvalue weighted by molar-refractivity contribution is -0.207. The van der Waals surface area contributed by atoms with Crippen molar-refractivity contribution in [3.63, 3.8) is 0 Å². The molecule has 2 aromatic heterocycles. The first-order chi connectivity index (χ1) is 20.8. The molecule has 0 fully saturated rings. The lowest BCUT2D eigenvalue weighted by Crippen LogP contribution is -2.37. The number of nitrogens with one attached hydrogen (secondary N) is 1. The number of alkyl halides is 9. The van der Waals surface area contributed by atoms with Crippen LogP contribution in [0, 0.1) is 0 Å². The van der Waals surface area contributed by atoms with E-state index in [1.807, 2.05) is 5.32 Å². The van der Waals surface area contributed by atoms with Crippen LogP contribution in [0.1, 0.15) is 28.2 Å². The SMILES string of the molecule is O=C(NCCC(F)(F)F)c1cccc(C(F)(F)F)c1-n1cnc(Cn2nc(-c3ccc(Cl)cc3)n(C[C@H](O)C(F)(F)F)c2=O)n1. The average molecular weight is 672 g/mol. The third-order valence-corrected chi connectivity index (χ3v) is 6.35. The van der Waals surface area contributed by atoms with Gasteiger partial charge in [0.05, 0.1) is 29.8 Å². The number of hydrogen-bond donors (Lipinski definition) is 2. The van der Waals surface area contributed by atoms with Crippen LogP contribution < -0.4 is 11.0 Å². The first kappa shape index (κ1) is 33.5. The van der Waals surface area contributed by atoms with Crippen molar-refractivity contribution in [1.82, 2.24) is 34.4 Å². The van der Waals surface area contributed by atoms with Crippen molar-refractivity contribution < 1.29 is 49.4 Å². The van der Waals surface area contributed by atoms with Gasteiger partial charge in [-0.1, -0.05) is 17.7 Å². The molecule has 2 heterocycles. The number of halogens is 10. The summed E-state index contributed by atoms with van der Waals surface area (Å²) in [7, 11) is 0. The van der Waals surface area contributed by atoms with Gasteiger partial charge >= 0.3 is 24.2 Å². The van der Waals surface area contributed by atoms with Gasteiger partial charge in [0.15, 0.2) is 17.8 Å². The van der Waals surface area contributed by atoms with Gasteiger partial charge in [-0.3, -0.25) is 9.36 Å². The predicted octanol–water partition coefficient (Wildman–Crippen LogP) is 4.62. The summed E-state index contributed by atoms with van der Waals surface area (Å²) in [4.78, 5) is 29.5. The monoisotopic (exact) mass is 671 g/mol. The summed E-state index contributed by atoms with van der Waals surface area (Å²) in [5.41, 5.74) is -4.02. The zero-order valence-electron chi connectivity index (χ0n) is 22.3. The minimum atomic E-state index is -5.10. The highest BCUT2D eigenvalue weighted by molar-refractivity contribution is 6.30. The molecule has 10 nitrogen and oxygen atoms in total. The lowest BCUT2D eigenvalue weighted by Gasteiger charge is -2.16. The van der Waals surface area contributed by atoms with Crippen LogP contribution in [-0.4, -0.2) is 65.1 Å². The molecule has 0 radical (unpaired) electrons. The Hall–Kier alpha value is -4.39. The fourth-order valence-electron chi connectivity index (χ4n) is 4.02. The summed E-state index contributed by atoms with van der Waals surface area (Å²) in [6.07, 6.45) is -18.5. The van der Waals surface area contributed by atoms with E-state index >= 15 is 0 Å². The number of amides is 1. The summed E-state index contributed by atoms with van der Waals surface area (Å²) >= 11 is 5.85. The van der Waals surface area contributed by atoms with Crippen molar-refractivity contribution in [3.8, 4) is 17.1 Å². The maximum Gasteiger partial charge on any atom is 0.418 e. The Morgan fingerprint density at radius 1 is 0.978 bits per heavy atom. The Balaban J connectivity index is 1.72. The van der Waals surface area contributed by atoms with E-state index in [1.165, 1.54) is 24.3 Å². The molecule has 0 aliphatic rings. The van der Waals surface area contributed by atoms with Gasteiger partial charge < -0.3 is 10.4 Å². The molecule has 4 aromatic rings. The second-order valence-electron chi connectivity index (χ2n) is 9.36. The number of carbonyl (C=O) groups is 1. The van der Waals surface area contributed by atoms with E-state index in [9.17, 15) is 54.2 Å². The van der Waals surface area contributed by atoms with Crippen LogP contribution in [0.25, 0.3) is 17.1 Å². The van der Waals surface area contributed by atoms with Crippen LogP contribution in [0.5, 0.6) is 0 Å². The number of aliphatic hydroxyl groups is 1. The number of nitrogens with zero attached hydrogens (tertiary/aromatic N) is 6. The standard InChI is InChI=1S/C25H19ClF9N7O3/c26-14-6-4-13(5-7-14)20-39-41(22(45)40(20)10-17(43)25(33,34)35)11-18-37-12-42(38-18)19-15(2-1-3-16(19)24(30,31)32)21(44)36-9-8-23(27,28)29/h1-7,12,17,43H,8-11H2,(H,36,44)/t17-/m0/s1. The molecule has 4 rings (SSSR count). The van der Waals surface area contributed by atoms with E-state index in [1.54, 1.807) is 0 Å². The average Bonchev–Trinajstić information content (AvgIpc) is 3.51. The van der Waals surface area contributed by atoms with Crippen LogP contribution in [0.2, 0.25) is 5.02 Å². The first-order valence-corrected chi connectivity index (χ1v) is 12.9. The van der Waals surface area contributed by atoms with Crippen LogP contribution >= 0.6 is 11.6 Å². The molecule has 45 heavy (non-hydrogen) atoms. The van der Waals surface area contributed by atoms with Crippen LogP contribution in [-0.2, 0) is 19.3 Å². The Kier molecular flexibility index (Phi) is 9.34. The number of aromatic nitrogens is 6. The van der Waals surface area contributed by atoms with Gasteiger partial charge in [0, 0.05) is 17.1 Å². The van der Waals surface area contributed by atoms with E-state index in [-0.39, 0.29) is 22.2 Å². The quantitative estimate of drug-likeness (QED) is 0.251. The van der Waals surface area contributed by atoms with Gasteiger partial charge in [0.1, 0.15) is 12.9 Å². The molecule has 0 saturated heterocycles. The van der Waals surface area contributed by atoms with Crippen LogP contribution in [0.4, 0.5) is 39.5 Å². The lowest BCUT2D eigenvalue weighted by atomic mass is 10.1. The molecule has 2 aromatic carbocycles. The van der Waals surface area contributed by atoms with Gasteiger partial charge in [-0.25, -0.2) is 19.1 Å². The van der Waals surface area contributed by atoms with E-state index in [4.69, 9.17) is 11.6 Å². The zero-order valence-corrected chi connectivity index (χ0v) is 23.0. The Morgan fingerprint density at radius 2 is 1.64 bits per heavy atom. The third kappa shape index (κ3) is 8.01. The summed E-state index contributed by atoms with van der Waals surface area (Å²) in [5, 5.41) is 19.6. The number of benzene rings is 2. The molecule has 1 amide bonds. The number of hydrogen-bond acceptors (Lipinski definition) is 6. The highest BCUT2D eigenvalue weighted by atomic mass is 35.5. The number of rotatable bonds is 9.